The lowest BCUT2D eigenvalue weighted by Crippen LogP contribution is -2.51. The van der Waals surface area contributed by atoms with Gasteiger partial charge in [-0.25, -0.2) is 8.42 Å². The molecule has 3 aromatic rings. The molecule has 0 heterocycles. The molecule has 49 heavy (non-hydrogen) atoms. The van der Waals surface area contributed by atoms with Crippen molar-refractivity contribution in [3.8, 4) is 0 Å². The molecule has 266 valence electrons. The van der Waals surface area contributed by atoms with E-state index < -0.39 is 40.0 Å². The number of sulfonamides is 1. The molecule has 0 aliphatic carbocycles. The van der Waals surface area contributed by atoms with Gasteiger partial charge in [-0.2, -0.15) is 0 Å². The van der Waals surface area contributed by atoms with Crippen LogP contribution in [0.15, 0.2) is 78.9 Å². The Kier molecular flexibility index (Phi) is 14.2. The highest BCUT2D eigenvalue weighted by atomic mass is 32.2. The number of hydrogen-bond donors (Lipinski definition) is 5. The zero-order valence-corrected chi connectivity index (χ0v) is 30.0. The molecule has 0 saturated heterocycles. The fourth-order valence-electron chi connectivity index (χ4n) is 5.42. The van der Waals surface area contributed by atoms with Crippen LogP contribution in [0.5, 0.6) is 0 Å². The van der Waals surface area contributed by atoms with Crippen LogP contribution in [0.3, 0.4) is 0 Å². The van der Waals surface area contributed by atoms with E-state index in [2.05, 4.69) is 16.0 Å². The zero-order valence-electron chi connectivity index (χ0n) is 29.2. The molecule has 12 heteroatoms. The lowest BCUT2D eigenvalue weighted by molar-refractivity contribution is -0.132. The highest BCUT2D eigenvalue weighted by Gasteiger charge is 2.30. The summed E-state index contributed by atoms with van der Waals surface area (Å²) >= 11 is 0. The smallest absolute Gasteiger partial charge is 0.251 e. The Bertz CT molecular complexity index is 1650. The van der Waals surface area contributed by atoms with Crippen LogP contribution in [0.4, 0.5) is 11.4 Å². The van der Waals surface area contributed by atoms with Crippen LogP contribution < -0.4 is 26.0 Å². The minimum atomic E-state index is -3.79. The molecule has 0 unspecified atom stereocenters. The average molecular weight is 694 g/mol. The summed E-state index contributed by atoms with van der Waals surface area (Å²) in [6, 6.07) is 21.1. The van der Waals surface area contributed by atoms with Crippen LogP contribution in [0, 0.1) is 17.8 Å². The van der Waals surface area contributed by atoms with Crippen LogP contribution in [0.25, 0.3) is 0 Å². The summed E-state index contributed by atoms with van der Waals surface area (Å²) in [6.07, 6.45) is -0.646. The summed E-state index contributed by atoms with van der Waals surface area (Å²) in [5.41, 5.74) is 8.22. The van der Waals surface area contributed by atoms with Crippen molar-refractivity contribution < 1.29 is 27.9 Å². The van der Waals surface area contributed by atoms with Gasteiger partial charge in [0.2, 0.25) is 21.8 Å². The number of aliphatic hydroxyl groups is 1. The number of carbonyl (C=O) groups is 3. The molecule has 0 spiro atoms. The maximum absolute atomic E-state index is 13.5. The normalized spacial score (nSPS) is 14.1. The summed E-state index contributed by atoms with van der Waals surface area (Å²) in [6.45, 7) is 9.60. The van der Waals surface area contributed by atoms with Gasteiger partial charge in [0.1, 0.15) is 6.04 Å². The second-order valence-electron chi connectivity index (χ2n) is 13.4. The van der Waals surface area contributed by atoms with E-state index in [1.807, 2.05) is 58.0 Å². The molecule has 0 aliphatic heterocycles. The van der Waals surface area contributed by atoms with Gasteiger partial charge in [-0.05, 0) is 54.0 Å². The van der Waals surface area contributed by atoms with E-state index in [1.54, 1.807) is 37.3 Å². The first-order chi connectivity index (χ1) is 23.1. The quantitative estimate of drug-likeness (QED) is 0.132. The summed E-state index contributed by atoms with van der Waals surface area (Å²) < 4.78 is 27.4. The third-order valence-corrected chi connectivity index (χ3v) is 10.0. The minimum Gasteiger partial charge on any atom is -0.399 e. The number of nitrogens with two attached hydrogens (primary N) is 1. The lowest BCUT2D eigenvalue weighted by Gasteiger charge is -2.29. The Morgan fingerprint density at radius 3 is 1.98 bits per heavy atom. The van der Waals surface area contributed by atoms with Gasteiger partial charge < -0.3 is 26.8 Å². The Morgan fingerprint density at radius 2 is 1.41 bits per heavy atom. The van der Waals surface area contributed by atoms with Gasteiger partial charge in [-0.3, -0.25) is 18.7 Å². The molecule has 0 fully saturated rings. The fraction of sp³-hybridized carbons (Fsp3) is 0.432. The van der Waals surface area contributed by atoms with Crippen LogP contribution in [-0.4, -0.2) is 56.5 Å². The second kappa shape index (κ2) is 17.8. The molecular weight excluding hydrogens is 643 g/mol. The van der Waals surface area contributed by atoms with E-state index in [1.165, 1.54) is 25.2 Å². The van der Waals surface area contributed by atoms with Gasteiger partial charge in [0.15, 0.2) is 0 Å². The molecule has 0 aliphatic rings. The Morgan fingerprint density at radius 1 is 0.816 bits per heavy atom. The Hall–Kier alpha value is -4.42. The fourth-order valence-corrected chi connectivity index (χ4v) is 6.65. The van der Waals surface area contributed by atoms with E-state index >= 15 is 0 Å². The van der Waals surface area contributed by atoms with Crippen molar-refractivity contribution in [2.45, 2.75) is 77.9 Å². The highest BCUT2D eigenvalue weighted by Crippen LogP contribution is 2.25. The number of nitrogens with one attached hydrogen (secondary N) is 3. The summed E-state index contributed by atoms with van der Waals surface area (Å²) in [7, 11) is -2.39. The molecule has 11 nitrogen and oxygen atoms in total. The number of aliphatic hydroxyl groups excluding tert-OH is 1. The molecule has 0 bridgehead atoms. The van der Waals surface area contributed by atoms with Crippen LogP contribution >= 0.6 is 0 Å². The van der Waals surface area contributed by atoms with Crippen molar-refractivity contribution in [1.82, 2.24) is 16.0 Å². The molecule has 3 rings (SSSR count). The molecule has 3 amide bonds. The van der Waals surface area contributed by atoms with E-state index in [0.29, 0.717) is 18.5 Å². The number of anilines is 2. The van der Waals surface area contributed by atoms with Crippen LogP contribution in [0.1, 0.15) is 68.9 Å². The van der Waals surface area contributed by atoms with Gasteiger partial charge >= 0.3 is 0 Å². The van der Waals surface area contributed by atoms with Crippen molar-refractivity contribution in [1.29, 1.82) is 0 Å². The van der Waals surface area contributed by atoms with Crippen molar-refractivity contribution in [2.75, 3.05) is 17.1 Å². The third-order valence-electron chi connectivity index (χ3n) is 8.28. The predicted molar refractivity (Wildman–Crippen MR) is 194 cm³/mol. The maximum atomic E-state index is 13.5. The van der Waals surface area contributed by atoms with Crippen LogP contribution in [0.2, 0.25) is 0 Å². The molecule has 0 radical (unpaired) electrons. The third kappa shape index (κ3) is 11.9. The Labute approximate surface area is 290 Å². The summed E-state index contributed by atoms with van der Waals surface area (Å²) in [5, 5.41) is 19.9. The first-order valence-electron chi connectivity index (χ1n) is 16.6. The van der Waals surface area contributed by atoms with Crippen LogP contribution in [-0.2, 0) is 31.9 Å². The standard InChI is InChI=1S/C37H51N5O6S/c1-24(2)17-32(33(43)18-26(5)35(44)41-34(25(3)4)37(46)39-22-27-13-9-7-10-14-27)40-36(45)29-19-30(38)21-31(20-29)42(6)49(47,48)23-28-15-11-8-12-16-28/h7-16,19-21,24-26,32-34,43H,17-18,22-23,38H2,1-6H3,(H,39,46)(H,40,45)(H,41,44)/t26-,32+,33+,34+/m1/s1. The molecule has 4 atom stereocenters. The first kappa shape index (κ1) is 39.0. The SMILES string of the molecule is CC(C)C[C@H](NC(=O)c1cc(N)cc(N(C)S(=O)(=O)Cc2ccccc2)c1)[C@@H](O)C[C@@H](C)C(=O)N[C@H](C(=O)NCc1ccccc1)C(C)C. The Balaban J connectivity index is 1.68. The van der Waals surface area contributed by atoms with Gasteiger partial charge in [0, 0.05) is 30.8 Å². The van der Waals surface area contributed by atoms with Gasteiger partial charge in [-0.1, -0.05) is 95.3 Å². The number of hydrogen-bond acceptors (Lipinski definition) is 7. The lowest BCUT2D eigenvalue weighted by atomic mass is 9.91. The van der Waals surface area contributed by atoms with Crippen molar-refractivity contribution in [3.05, 3.63) is 95.6 Å². The number of rotatable bonds is 17. The zero-order chi connectivity index (χ0) is 36.3. The van der Waals surface area contributed by atoms with Gasteiger partial charge in [0.05, 0.1) is 23.6 Å². The molecular formula is C37H51N5O6S. The largest absolute Gasteiger partial charge is 0.399 e. The van der Waals surface area contributed by atoms with E-state index in [9.17, 15) is 27.9 Å². The number of benzene rings is 3. The van der Waals surface area contributed by atoms with E-state index in [0.717, 1.165) is 9.87 Å². The first-order valence-corrected chi connectivity index (χ1v) is 18.2. The van der Waals surface area contributed by atoms with Crippen molar-refractivity contribution in [3.63, 3.8) is 0 Å². The minimum absolute atomic E-state index is 0.0304. The topological polar surface area (TPSA) is 171 Å². The second-order valence-corrected chi connectivity index (χ2v) is 15.4. The summed E-state index contributed by atoms with van der Waals surface area (Å²) in [4.78, 5) is 39.7. The van der Waals surface area contributed by atoms with Crippen molar-refractivity contribution >= 4 is 39.1 Å². The monoisotopic (exact) mass is 693 g/mol. The van der Waals surface area contributed by atoms with Gasteiger partial charge in [-0.15, -0.1) is 0 Å². The molecule has 3 aromatic carbocycles. The van der Waals surface area contributed by atoms with E-state index in [4.69, 9.17) is 5.73 Å². The molecule has 0 aromatic heterocycles. The maximum Gasteiger partial charge on any atom is 0.251 e. The molecule has 6 N–H and O–H groups in total. The molecule has 0 saturated carbocycles. The van der Waals surface area contributed by atoms with E-state index in [-0.39, 0.29) is 52.8 Å². The van der Waals surface area contributed by atoms with Gasteiger partial charge in [0.25, 0.3) is 5.91 Å². The number of carbonyl (C=O) groups excluding carboxylic acids is 3. The number of nitrogens with zero attached hydrogens (tertiary/aromatic N) is 1. The average Bonchev–Trinajstić information content (AvgIpc) is 3.05. The predicted octanol–water partition coefficient (Wildman–Crippen LogP) is 4.22. The summed E-state index contributed by atoms with van der Waals surface area (Å²) in [5.74, 6) is -2.22. The number of nitrogen functional groups attached to an aromatic ring is 1. The number of amides is 3. The highest BCUT2D eigenvalue weighted by molar-refractivity contribution is 7.92. The van der Waals surface area contributed by atoms with Crippen molar-refractivity contribution in [2.24, 2.45) is 17.8 Å².